The minimum atomic E-state index is 0.852. The fourth-order valence-electron chi connectivity index (χ4n) is 0.962. The maximum absolute atomic E-state index is 4.15. The van der Waals surface area contributed by atoms with Crippen LogP contribution in [0.3, 0.4) is 0 Å². The smallest absolute Gasteiger partial charge is 0.0900 e. The predicted octanol–water partition coefficient (Wildman–Crippen LogP) is 1.54. The maximum Gasteiger partial charge on any atom is 0.0900 e. The summed E-state index contributed by atoms with van der Waals surface area (Å²) in [4.78, 5) is 12.1. The zero-order valence-corrected chi connectivity index (χ0v) is 6.38. The Morgan fingerprint density at radius 3 is 2.50 bits per heavy atom. The molecule has 0 spiro atoms. The van der Waals surface area contributed by atoms with E-state index in [1.54, 1.807) is 31.0 Å². The molecule has 3 heteroatoms. The second-order valence-electron chi connectivity index (χ2n) is 2.33. The molecule has 0 amide bonds. The van der Waals surface area contributed by atoms with Crippen LogP contribution in [0.5, 0.6) is 0 Å². The van der Waals surface area contributed by atoms with Gasteiger partial charge in [0.25, 0.3) is 0 Å². The highest BCUT2D eigenvalue weighted by Crippen LogP contribution is 2.11. The zero-order chi connectivity index (χ0) is 8.23. The van der Waals surface area contributed by atoms with Crippen molar-refractivity contribution in [2.45, 2.75) is 0 Å². The molecular formula is C9H7N3. The van der Waals surface area contributed by atoms with Gasteiger partial charge >= 0.3 is 0 Å². The monoisotopic (exact) mass is 157 g/mol. The van der Waals surface area contributed by atoms with E-state index in [0.29, 0.717) is 0 Å². The second kappa shape index (κ2) is 3.09. The number of hydrogen-bond donors (Lipinski definition) is 0. The molecule has 0 saturated carbocycles. The third-order valence-electron chi connectivity index (χ3n) is 1.52. The summed E-state index contributed by atoms with van der Waals surface area (Å²) in [5.41, 5.74) is 1.84. The van der Waals surface area contributed by atoms with Crippen LogP contribution in [0.25, 0.3) is 11.3 Å². The number of nitrogens with zero attached hydrogens (tertiary/aromatic N) is 3. The first kappa shape index (κ1) is 6.91. The first-order chi connectivity index (χ1) is 5.97. The Balaban J connectivity index is 2.46. The molecule has 0 aliphatic rings. The summed E-state index contributed by atoms with van der Waals surface area (Å²) in [5, 5.41) is 0. The SMILES string of the molecule is c1cncc(-c2cnccn2)c1. The molecule has 0 saturated heterocycles. The zero-order valence-electron chi connectivity index (χ0n) is 6.38. The van der Waals surface area contributed by atoms with Crippen LogP contribution in [0.1, 0.15) is 0 Å². The Morgan fingerprint density at radius 2 is 1.83 bits per heavy atom. The molecule has 0 fully saturated rings. The van der Waals surface area contributed by atoms with E-state index < -0.39 is 0 Å². The molecule has 12 heavy (non-hydrogen) atoms. The standard InChI is InChI=1S/C9H7N3/c1-2-8(6-10-3-1)9-7-11-4-5-12-9/h1-7H. The molecule has 0 N–H and O–H groups in total. The lowest BCUT2D eigenvalue weighted by molar-refractivity contribution is 1.19. The van der Waals surface area contributed by atoms with Gasteiger partial charge in [-0.25, -0.2) is 0 Å². The molecule has 0 radical (unpaired) electrons. The van der Waals surface area contributed by atoms with Crippen LogP contribution < -0.4 is 0 Å². The highest BCUT2D eigenvalue weighted by atomic mass is 14.8. The molecule has 0 unspecified atom stereocenters. The second-order valence-corrected chi connectivity index (χ2v) is 2.33. The molecule has 3 nitrogen and oxygen atoms in total. The van der Waals surface area contributed by atoms with Crippen LogP contribution in [0, 0.1) is 0 Å². The summed E-state index contributed by atoms with van der Waals surface area (Å²) in [6, 6.07) is 3.83. The molecular weight excluding hydrogens is 150 g/mol. The van der Waals surface area contributed by atoms with Crippen molar-refractivity contribution >= 4 is 0 Å². The number of pyridine rings is 1. The van der Waals surface area contributed by atoms with Crippen molar-refractivity contribution < 1.29 is 0 Å². The van der Waals surface area contributed by atoms with E-state index in [0.717, 1.165) is 11.3 Å². The topological polar surface area (TPSA) is 38.7 Å². The van der Waals surface area contributed by atoms with Gasteiger partial charge in [0.05, 0.1) is 11.9 Å². The van der Waals surface area contributed by atoms with E-state index in [4.69, 9.17) is 0 Å². The quantitative estimate of drug-likeness (QED) is 0.630. The van der Waals surface area contributed by atoms with E-state index in [-0.39, 0.29) is 0 Å². The lowest BCUT2D eigenvalue weighted by Crippen LogP contribution is -1.83. The average molecular weight is 157 g/mol. The lowest BCUT2D eigenvalue weighted by atomic mass is 10.2. The van der Waals surface area contributed by atoms with E-state index in [2.05, 4.69) is 15.0 Å². The van der Waals surface area contributed by atoms with Gasteiger partial charge < -0.3 is 0 Å². The van der Waals surface area contributed by atoms with Crippen molar-refractivity contribution in [3.05, 3.63) is 43.1 Å². The normalized spacial score (nSPS) is 9.67. The van der Waals surface area contributed by atoms with E-state index in [1.807, 2.05) is 12.1 Å². The van der Waals surface area contributed by atoms with E-state index >= 15 is 0 Å². The first-order valence-corrected chi connectivity index (χ1v) is 3.63. The first-order valence-electron chi connectivity index (χ1n) is 3.63. The van der Waals surface area contributed by atoms with Crippen LogP contribution in [0.15, 0.2) is 43.1 Å². The minimum Gasteiger partial charge on any atom is -0.264 e. The fraction of sp³-hybridized carbons (Fsp3) is 0. The largest absolute Gasteiger partial charge is 0.264 e. The van der Waals surface area contributed by atoms with Crippen molar-refractivity contribution in [2.24, 2.45) is 0 Å². The van der Waals surface area contributed by atoms with Crippen LogP contribution in [-0.4, -0.2) is 15.0 Å². The van der Waals surface area contributed by atoms with Gasteiger partial charge in [-0.2, -0.15) is 0 Å². The Bertz CT molecular complexity index is 307. The molecule has 2 rings (SSSR count). The Kier molecular flexibility index (Phi) is 1.78. The summed E-state index contributed by atoms with van der Waals surface area (Å²) in [7, 11) is 0. The van der Waals surface area contributed by atoms with Crippen LogP contribution in [0.2, 0.25) is 0 Å². The van der Waals surface area contributed by atoms with Gasteiger partial charge in [0.1, 0.15) is 0 Å². The molecule has 2 aromatic rings. The third-order valence-corrected chi connectivity index (χ3v) is 1.52. The van der Waals surface area contributed by atoms with Gasteiger partial charge in [-0.05, 0) is 12.1 Å². The van der Waals surface area contributed by atoms with Gasteiger partial charge in [0.2, 0.25) is 0 Å². The Labute approximate surface area is 70.1 Å². The van der Waals surface area contributed by atoms with Gasteiger partial charge in [-0.1, -0.05) is 0 Å². The van der Waals surface area contributed by atoms with Crippen LogP contribution in [-0.2, 0) is 0 Å². The Hall–Kier alpha value is -1.77. The molecule has 0 atom stereocenters. The van der Waals surface area contributed by atoms with Gasteiger partial charge in [0.15, 0.2) is 0 Å². The van der Waals surface area contributed by atoms with Crippen LogP contribution in [0.4, 0.5) is 0 Å². The molecule has 0 bridgehead atoms. The van der Waals surface area contributed by atoms with Crippen molar-refractivity contribution in [3.8, 4) is 11.3 Å². The van der Waals surface area contributed by atoms with E-state index in [1.165, 1.54) is 0 Å². The van der Waals surface area contributed by atoms with Gasteiger partial charge in [0, 0.05) is 30.4 Å². The summed E-state index contributed by atoms with van der Waals surface area (Å²) in [6.07, 6.45) is 8.54. The summed E-state index contributed by atoms with van der Waals surface area (Å²) >= 11 is 0. The van der Waals surface area contributed by atoms with Crippen molar-refractivity contribution in [2.75, 3.05) is 0 Å². The maximum atomic E-state index is 4.15. The molecule has 58 valence electrons. The highest BCUT2D eigenvalue weighted by molar-refractivity contribution is 5.55. The fourth-order valence-corrected chi connectivity index (χ4v) is 0.962. The molecule has 0 aromatic carbocycles. The third kappa shape index (κ3) is 1.29. The van der Waals surface area contributed by atoms with Gasteiger partial charge in [-0.3, -0.25) is 15.0 Å². The minimum absolute atomic E-state index is 0.852. The summed E-state index contributed by atoms with van der Waals surface area (Å²) in [6.45, 7) is 0. The summed E-state index contributed by atoms with van der Waals surface area (Å²) < 4.78 is 0. The van der Waals surface area contributed by atoms with Crippen molar-refractivity contribution in [3.63, 3.8) is 0 Å². The summed E-state index contributed by atoms with van der Waals surface area (Å²) in [5.74, 6) is 0. The number of hydrogen-bond acceptors (Lipinski definition) is 3. The number of aromatic nitrogens is 3. The lowest BCUT2D eigenvalue weighted by Gasteiger charge is -1.96. The molecule has 0 aliphatic heterocycles. The predicted molar refractivity (Wildman–Crippen MR) is 45.3 cm³/mol. The molecule has 0 aliphatic carbocycles. The molecule has 2 aromatic heterocycles. The van der Waals surface area contributed by atoms with E-state index in [9.17, 15) is 0 Å². The highest BCUT2D eigenvalue weighted by Gasteiger charge is 1.95. The van der Waals surface area contributed by atoms with Gasteiger partial charge in [-0.15, -0.1) is 0 Å². The number of rotatable bonds is 1. The van der Waals surface area contributed by atoms with Crippen molar-refractivity contribution in [1.82, 2.24) is 15.0 Å². The average Bonchev–Trinajstić information content (AvgIpc) is 2.21. The van der Waals surface area contributed by atoms with Crippen LogP contribution >= 0.6 is 0 Å². The molecule has 2 heterocycles. The Morgan fingerprint density at radius 1 is 0.917 bits per heavy atom. The van der Waals surface area contributed by atoms with Crippen molar-refractivity contribution in [1.29, 1.82) is 0 Å².